The Morgan fingerprint density at radius 2 is 2.04 bits per heavy atom. The third-order valence-corrected chi connectivity index (χ3v) is 3.59. The van der Waals surface area contributed by atoms with Crippen molar-refractivity contribution in [1.82, 2.24) is 30.3 Å². The first-order valence-electron chi connectivity index (χ1n) is 7.95. The Hall–Kier alpha value is -2.67. The van der Waals surface area contributed by atoms with Gasteiger partial charge in [-0.15, -0.1) is 5.10 Å². The molecule has 0 spiro atoms. The van der Waals surface area contributed by atoms with E-state index in [-0.39, 0.29) is 5.82 Å². The summed E-state index contributed by atoms with van der Waals surface area (Å²) >= 11 is 0. The minimum atomic E-state index is -0.174. The number of aryl methyl sites for hydroxylation is 1. The molecule has 6 nitrogen and oxygen atoms in total. The van der Waals surface area contributed by atoms with Crippen molar-refractivity contribution in [3.05, 3.63) is 66.0 Å². The average Bonchev–Trinajstić information content (AvgIpc) is 3.13. The van der Waals surface area contributed by atoms with E-state index in [4.69, 9.17) is 0 Å². The summed E-state index contributed by atoms with van der Waals surface area (Å²) in [5, 5.41) is 11.0. The van der Waals surface area contributed by atoms with E-state index in [0.717, 1.165) is 43.6 Å². The molecule has 0 atom stereocenters. The molecule has 0 aliphatic rings. The average molecular weight is 326 g/mol. The van der Waals surface area contributed by atoms with E-state index in [9.17, 15) is 4.39 Å². The molecule has 0 amide bonds. The van der Waals surface area contributed by atoms with Gasteiger partial charge in [-0.1, -0.05) is 17.3 Å². The maximum absolute atomic E-state index is 13.1. The van der Waals surface area contributed by atoms with Crippen LogP contribution in [0.3, 0.4) is 0 Å². The van der Waals surface area contributed by atoms with Gasteiger partial charge in [0, 0.05) is 24.9 Å². The van der Waals surface area contributed by atoms with E-state index in [0.29, 0.717) is 5.95 Å². The maximum atomic E-state index is 13.1. The fraction of sp³-hybridized carbons (Fsp3) is 0.294. The van der Waals surface area contributed by atoms with Gasteiger partial charge in [-0.05, 0) is 43.1 Å². The van der Waals surface area contributed by atoms with Gasteiger partial charge >= 0.3 is 0 Å². The lowest BCUT2D eigenvalue weighted by molar-refractivity contribution is 0.619. The summed E-state index contributed by atoms with van der Waals surface area (Å²) in [4.78, 5) is 8.64. The van der Waals surface area contributed by atoms with Crippen LogP contribution in [0.4, 0.5) is 4.39 Å². The molecule has 0 saturated heterocycles. The molecule has 2 heterocycles. The zero-order valence-electron chi connectivity index (χ0n) is 13.3. The molecule has 0 unspecified atom stereocenters. The highest BCUT2D eigenvalue weighted by atomic mass is 19.1. The molecule has 0 aliphatic heterocycles. The Morgan fingerprint density at radius 3 is 2.88 bits per heavy atom. The van der Waals surface area contributed by atoms with E-state index < -0.39 is 0 Å². The lowest BCUT2D eigenvalue weighted by atomic mass is 10.1. The molecule has 2 aromatic heterocycles. The summed E-state index contributed by atoms with van der Waals surface area (Å²) < 4.78 is 14.6. The van der Waals surface area contributed by atoms with Crippen LogP contribution in [0, 0.1) is 5.82 Å². The number of nitrogens with zero attached hydrogens (tertiary/aromatic N) is 5. The van der Waals surface area contributed by atoms with Crippen LogP contribution in [0.1, 0.15) is 17.7 Å². The van der Waals surface area contributed by atoms with Crippen LogP contribution < -0.4 is 5.32 Å². The van der Waals surface area contributed by atoms with Crippen LogP contribution >= 0.6 is 0 Å². The maximum Gasteiger partial charge on any atom is 0.252 e. The van der Waals surface area contributed by atoms with Crippen molar-refractivity contribution >= 4 is 0 Å². The van der Waals surface area contributed by atoms with Crippen LogP contribution in [0.2, 0.25) is 0 Å². The third-order valence-electron chi connectivity index (χ3n) is 3.59. The second kappa shape index (κ2) is 8.26. The minimum Gasteiger partial charge on any atom is -0.316 e. The minimum absolute atomic E-state index is 0.174. The van der Waals surface area contributed by atoms with Crippen molar-refractivity contribution in [2.75, 3.05) is 13.1 Å². The lowest BCUT2D eigenvalue weighted by Crippen LogP contribution is -2.19. The molecule has 24 heavy (non-hydrogen) atoms. The fourth-order valence-corrected chi connectivity index (χ4v) is 2.40. The van der Waals surface area contributed by atoms with Crippen LogP contribution in [0.15, 0.2) is 48.9 Å². The van der Waals surface area contributed by atoms with E-state index >= 15 is 0 Å². The predicted octanol–water partition coefficient (Wildman–Crippen LogP) is 1.96. The Labute approximate surface area is 139 Å². The van der Waals surface area contributed by atoms with Crippen LogP contribution in [-0.4, -0.2) is 38.1 Å². The number of hydrogen-bond donors (Lipinski definition) is 1. The standard InChI is InChI=1S/C17H19FN6/c18-15-5-1-3-14(13-15)4-2-8-19-9-6-16-7-10-20-17(22-16)24-12-11-21-23-24/h1,3,5,7,10-13,19H,2,4,6,8-9H2. The molecule has 3 rings (SSSR count). The fourth-order valence-electron chi connectivity index (χ4n) is 2.40. The van der Waals surface area contributed by atoms with Crippen molar-refractivity contribution in [3.63, 3.8) is 0 Å². The molecule has 1 N–H and O–H groups in total. The number of nitrogens with one attached hydrogen (secondary N) is 1. The number of rotatable bonds is 8. The SMILES string of the molecule is Fc1cccc(CCCNCCc2ccnc(-n3ccnn3)n2)c1. The highest BCUT2D eigenvalue weighted by Crippen LogP contribution is 2.05. The summed E-state index contributed by atoms with van der Waals surface area (Å²) in [5.74, 6) is 0.350. The summed E-state index contributed by atoms with van der Waals surface area (Å²) in [6.45, 7) is 1.72. The Morgan fingerprint density at radius 1 is 1.08 bits per heavy atom. The third kappa shape index (κ3) is 4.66. The normalized spacial score (nSPS) is 10.9. The second-order valence-electron chi connectivity index (χ2n) is 5.43. The largest absolute Gasteiger partial charge is 0.316 e. The molecule has 1 aromatic carbocycles. The van der Waals surface area contributed by atoms with Crippen LogP contribution in [0.25, 0.3) is 5.95 Å². The smallest absolute Gasteiger partial charge is 0.252 e. The predicted molar refractivity (Wildman–Crippen MR) is 88.2 cm³/mol. The second-order valence-corrected chi connectivity index (χ2v) is 5.43. The molecule has 0 fully saturated rings. The zero-order valence-corrected chi connectivity index (χ0v) is 13.3. The summed E-state index contributed by atoms with van der Waals surface area (Å²) in [6, 6.07) is 8.66. The summed E-state index contributed by atoms with van der Waals surface area (Å²) in [5.41, 5.74) is 1.98. The van der Waals surface area contributed by atoms with Crippen molar-refractivity contribution in [3.8, 4) is 5.95 Å². The molecule has 0 saturated carbocycles. The van der Waals surface area contributed by atoms with Crippen molar-refractivity contribution in [1.29, 1.82) is 0 Å². The highest BCUT2D eigenvalue weighted by Gasteiger charge is 2.02. The van der Waals surface area contributed by atoms with Crippen LogP contribution in [-0.2, 0) is 12.8 Å². The first-order chi connectivity index (χ1) is 11.8. The number of aromatic nitrogens is 5. The number of halogens is 1. The van der Waals surface area contributed by atoms with E-state index in [1.54, 1.807) is 30.7 Å². The van der Waals surface area contributed by atoms with Gasteiger partial charge in [-0.2, -0.15) is 4.68 Å². The van der Waals surface area contributed by atoms with Gasteiger partial charge in [0.2, 0.25) is 0 Å². The molecule has 124 valence electrons. The van der Waals surface area contributed by atoms with Gasteiger partial charge in [-0.3, -0.25) is 0 Å². The van der Waals surface area contributed by atoms with Crippen LogP contribution in [0.5, 0.6) is 0 Å². The zero-order chi connectivity index (χ0) is 16.6. The first-order valence-corrected chi connectivity index (χ1v) is 7.95. The molecule has 0 bridgehead atoms. The van der Waals surface area contributed by atoms with Crippen molar-refractivity contribution in [2.24, 2.45) is 0 Å². The monoisotopic (exact) mass is 326 g/mol. The Kier molecular flexibility index (Phi) is 5.57. The number of hydrogen-bond acceptors (Lipinski definition) is 5. The van der Waals surface area contributed by atoms with E-state index in [1.165, 1.54) is 10.7 Å². The van der Waals surface area contributed by atoms with Gasteiger partial charge in [-0.25, -0.2) is 14.4 Å². The molecule has 0 radical (unpaired) electrons. The van der Waals surface area contributed by atoms with Gasteiger partial charge in [0.05, 0.1) is 12.4 Å². The van der Waals surface area contributed by atoms with Gasteiger partial charge in [0.1, 0.15) is 5.82 Å². The topological polar surface area (TPSA) is 68.5 Å². The molecule has 7 heteroatoms. The Balaban J connectivity index is 1.38. The first kappa shape index (κ1) is 16.2. The quantitative estimate of drug-likeness (QED) is 0.641. The van der Waals surface area contributed by atoms with E-state index in [2.05, 4.69) is 25.6 Å². The summed E-state index contributed by atoms with van der Waals surface area (Å²) in [6.07, 6.45) is 7.68. The van der Waals surface area contributed by atoms with E-state index in [1.807, 2.05) is 12.1 Å². The molecular weight excluding hydrogens is 307 g/mol. The Bertz CT molecular complexity index is 759. The molecular formula is C17H19FN6. The van der Waals surface area contributed by atoms with Gasteiger partial charge in [0.25, 0.3) is 5.95 Å². The van der Waals surface area contributed by atoms with Crippen molar-refractivity contribution < 1.29 is 4.39 Å². The van der Waals surface area contributed by atoms with Crippen molar-refractivity contribution in [2.45, 2.75) is 19.3 Å². The number of benzene rings is 1. The highest BCUT2D eigenvalue weighted by molar-refractivity contribution is 5.16. The van der Waals surface area contributed by atoms with Gasteiger partial charge < -0.3 is 5.32 Å². The lowest BCUT2D eigenvalue weighted by Gasteiger charge is -2.06. The molecule has 0 aliphatic carbocycles. The van der Waals surface area contributed by atoms with Gasteiger partial charge in [0.15, 0.2) is 0 Å². The molecule has 3 aromatic rings. The summed E-state index contributed by atoms with van der Waals surface area (Å²) in [7, 11) is 0.